The van der Waals surface area contributed by atoms with Crippen LogP contribution in [-0.2, 0) is 27.4 Å². The third-order valence-electron chi connectivity index (χ3n) is 7.38. The van der Waals surface area contributed by atoms with E-state index in [0.29, 0.717) is 29.6 Å². The van der Waals surface area contributed by atoms with Gasteiger partial charge in [-0.15, -0.1) is 0 Å². The van der Waals surface area contributed by atoms with Crippen LogP contribution in [0.4, 0.5) is 0 Å². The summed E-state index contributed by atoms with van der Waals surface area (Å²) in [6.07, 6.45) is 12.1. The molecule has 10 nitrogen and oxygen atoms in total. The Hall–Kier alpha value is -4.18. The minimum absolute atomic E-state index is 0.102. The Kier molecular flexibility index (Phi) is 7.02. The molecule has 2 fully saturated rings. The number of nitrogens with one attached hydrogen (secondary N) is 3. The number of imidazole rings is 2. The highest BCUT2D eigenvalue weighted by Crippen LogP contribution is 2.42. The van der Waals surface area contributed by atoms with E-state index in [2.05, 4.69) is 32.9 Å². The van der Waals surface area contributed by atoms with E-state index < -0.39 is 11.8 Å². The molecule has 4 heterocycles. The first-order valence-corrected chi connectivity index (χ1v) is 13.8. The van der Waals surface area contributed by atoms with Crippen LogP contribution in [-0.4, -0.2) is 43.0 Å². The fraction of sp³-hybridized carbons (Fsp3) is 0.345. The maximum Gasteiger partial charge on any atom is 0.309 e. The van der Waals surface area contributed by atoms with E-state index in [9.17, 15) is 9.59 Å². The van der Waals surface area contributed by atoms with E-state index in [4.69, 9.17) is 21.7 Å². The lowest BCUT2D eigenvalue weighted by atomic mass is 10.0. The molecule has 0 radical (unpaired) electrons. The van der Waals surface area contributed by atoms with Crippen molar-refractivity contribution >= 4 is 40.4 Å². The molecule has 2 aliphatic rings. The van der Waals surface area contributed by atoms with Crippen LogP contribution in [0.3, 0.4) is 0 Å². The van der Waals surface area contributed by atoms with Gasteiger partial charge in [-0.2, -0.15) is 0 Å². The molecule has 11 heteroatoms. The summed E-state index contributed by atoms with van der Waals surface area (Å²) < 4.78 is 8.98. The molecule has 2 atom stereocenters. The van der Waals surface area contributed by atoms with Crippen molar-refractivity contribution in [2.75, 3.05) is 6.61 Å². The molecule has 3 N–H and O–H groups in total. The van der Waals surface area contributed by atoms with Crippen molar-refractivity contribution in [1.29, 1.82) is 5.41 Å². The Morgan fingerprint density at radius 3 is 2.83 bits per heavy atom. The molecule has 2 saturated carbocycles. The Morgan fingerprint density at radius 1 is 1.18 bits per heavy atom. The molecule has 206 valence electrons. The van der Waals surface area contributed by atoms with Crippen LogP contribution < -0.4 is 10.6 Å². The first-order valence-electron chi connectivity index (χ1n) is 13.5. The van der Waals surface area contributed by atoms with E-state index in [-0.39, 0.29) is 36.3 Å². The summed E-state index contributed by atoms with van der Waals surface area (Å²) in [6, 6.07) is 7.70. The van der Waals surface area contributed by atoms with Crippen LogP contribution in [0.1, 0.15) is 49.1 Å². The molecule has 0 aliphatic heterocycles. The second kappa shape index (κ2) is 10.8. The molecule has 40 heavy (non-hydrogen) atoms. The smallest absolute Gasteiger partial charge is 0.309 e. The van der Waals surface area contributed by atoms with Gasteiger partial charge in [0.2, 0.25) is 0 Å². The van der Waals surface area contributed by atoms with Gasteiger partial charge in [0.15, 0.2) is 0 Å². The third-order valence-corrected chi connectivity index (χ3v) is 7.62. The molecule has 6 rings (SSSR count). The molecule has 0 bridgehead atoms. The Bertz CT molecular complexity index is 1650. The van der Waals surface area contributed by atoms with Crippen molar-refractivity contribution in [2.24, 2.45) is 11.8 Å². The predicted molar refractivity (Wildman–Crippen MR) is 150 cm³/mol. The van der Waals surface area contributed by atoms with Crippen molar-refractivity contribution in [3.05, 3.63) is 82.9 Å². The molecule has 1 amide bonds. The molecular formula is C29H30ClN7O3. The minimum Gasteiger partial charge on any atom is -0.466 e. The maximum absolute atomic E-state index is 13.4. The number of rotatable bonds is 11. The number of carbonyl (C=O) groups excluding carboxylic acids is 2. The van der Waals surface area contributed by atoms with Crippen LogP contribution in [0.5, 0.6) is 0 Å². The fourth-order valence-corrected chi connectivity index (χ4v) is 5.12. The number of hydrogen-bond acceptors (Lipinski definition) is 7. The van der Waals surface area contributed by atoms with Gasteiger partial charge >= 0.3 is 5.97 Å². The van der Waals surface area contributed by atoms with Crippen molar-refractivity contribution in [1.82, 2.24) is 29.4 Å². The molecule has 4 aromatic heterocycles. The number of esters is 1. The number of halogens is 1. The highest BCUT2D eigenvalue weighted by molar-refractivity contribution is 6.30. The lowest BCUT2D eigenvalue weighted by Gasteiger charge is -2.11. The number of amides is 1. The highest BCUT2D eigenvalue weighted by Gasteiger charge is 2.48. The van der Waals surface area contributed by atoms with E-state index in [0.717, 1.165) is 16.9 Å². The summed E-state index contributed by atoms with van der Waals surface area (Å²) in [5.41, 5.74) is 4.70. The number of pyridine rings is 2. The number of nitrogens with zero attached hydrogens (tertiary/aromatic N) is 4. The quantitative estimate of drug-likeness (QED) is 0.145. The number of hydrogen-bond donors (Lipinski definition) is 3. The molecular weight excluding hydrogens is 530 g/mol. The number of ether oxygens (including phenoxy) is 1. The zero-order chi connectivity index (χ0) is 27.8. The molecule has 0 saturated heterocycles. The van der Waals surface area contributed by atoms with Crippen molar-refractivity contribution in [2.45, 2.75) is 45.2 Å². The standard InChI is InChI=1S/C29H30ClN7O3/c1-2-40-29(39)22-10-21(22)27(31)23(28(38)33-13-24-25-9-19(30)7-8-36(25)16-34-24)12-32-11-20-15-37-14-18(17-3-4-17)5-6-26(37)35-20/h5-9,12,14-17,21-22,31-32H,2-4,10-11,13H2,1H3,(H,33,38)/b23-12+,31-27?. The maximum atomic E-state index is 13.4. The Balaban J connectivity index is 1.17. The van der Waals surface area contributed by atoms with Gasteiger partial charge in [-0.05, 0) is 55.9 Å². The average molecular weight is 560 g/mol. The van der Waals surface area contributed by atoms with Crippen LogP contribution >= 0.6 is 11.6 Å². The van der Waals surface area contributed by atoms with Gasteiger partial charge < -0.3 is 29.6 Å². The van der Waals surface area contributed by atoms with Gasteiger partial charge in [-0.1, -0.05) is 17.7 Å². The Labute approximate surface area is 235 Å². The molecule has 4 aromatic rings. The first kappa shape index (κ1) is 26.1. The molecule has 2 unspecified atom stereocenters. The lowest BCUT2D eigenvalue weighted by Crippen LogP contribution is -2.30. The second-order valence-electron chi connectivity index (χ2n) is 10.3. The van der Waals surface area contributed by atoms with Crippen molar-refractivity contribution < 1.29 is 14.3 Å². The van der Waals surface area contributed by atoms with E-state index >= 15 is 0 Å². The monoisotopic (exact) mass is 559 g/mol. The summed E-state index contributed by atoms with van der Waals surface area (Å²) >= 11 is 6.15. The normalized spacial score (nSPS) is 18.6. The van der Waals surface area contributed by atoms with Crippen molar-refractivity contribution in [3.63, 3.8) is 0 Å². The average Bonchev–Trinajstić information content (AvgIpc) is 3.87. The van der Waals surface area contributed by atoms with Gasteiger partial charge in [-0.3, -0.25) is 9.59 Å². The molecule has 0 spiro atoms. The first-order chi connectivity index (χ1) is 19.4. The van der Waals surface area contributed by atoms with E-state index in [1.54, 1.807) is 37.8 Å². The molecule has 2 aliphatic carbocycles. The van der Waals surface area contributed by atoms with Gasteiger partial charge in [0.25, 0.3) is 5.91 Å². The zero-order valence-corrected chi connectivity index (χ0v) is 22.8. The summed E-state index contributed by atoms with van der Waals surface area (Å²) in [5.74, 6) is -0.870. The number of aromatic nitrogens is 4. The summed E-state index contributed by atoms with van der Waals surface area (Å²) in [4.78, 5) is 34.6. The van der Waals surface area contributed by atoms with Crippen LogP contribution in [0.15, 0.2) is 61.0 Å². The lowest BCUT2D eigenvalue weighted by molar-refractivity contribution is -0.144. The zero-order valence-electron chi connectivity index (χ0n) is 22.1. The minimum atomic E-state index is -0.431. The summed E-state index contributed by atoms with van der Waals surface area (Å²) in [5, 5.41) is 15.4. The topological polar surface area (TPSA) is 126 Å². The van der Waals surface area contributed by atoms with E-state index in [1.807, 2.05) is 21.1 Å². The number of fused-ring (bicyclic) bond motifs is 2. The fourth-order valence-electron chi connectivity index (χ4n) is 4.96. The van der Waals surface area contributed by atoms with Gasteiger partial charge in [-0.25, -0.2) is 9.97 Å². The van der Waals surface area contributed by atoms with Crippen molar-refractivity contribution in [3.8, 4) is 0 Å². The highest BCUT2D eigenvalue weighted by atomic mass is 35.5. The van der Waals surface area contributed by atoms with Gasteiger partial charge in [0.05, 0.1) is 54.4 Å². The largest absolute Gasteiger partial charge is 0.466 e. The van der Waals surface area contributed by atoms with Crippen LogP contribution in [0, 0.1) is 17.2 Å². The van der Waals surface area contributed by atoms with Crippen LogP contribution in [0.25, 0.3) is 11.2 Å². The summed E-state index contributed by atoms with van der Waals surface area (Å²) in [6.45, 7) is 2.56. The second-order valence-corrected chi connectivity index (χ2v) is 10.7. The van der Waals surface area contributed by atoms with Gasteiger partial charge in [0, 0.05) is 41.4 Å². The molecule has 0 aromatic carbocycles. The van der Waals surface area contributed by atoms with Crippen LogP contribution in [0.2, 0.25) is 5.02 Å². The summed E-state index contributed by atoms with van der Waals surface area (Å²) in [7, 11) is 0. The van der Waals surface area contributed by atoms with E-state index in [1.165, 1.54) is 18.4 Å². The number of carbonyl (C=O) groups is 2. The van der Waals surface area contributed by atoms with Gasteiger partial charge in [0.1, 0.15) is 5.65 Å². The third kappa shape index (κ3) is 5.44. The SMILES string of the molecule is CCOC(=O)C1CC1C(=N)/C(=C\NCc1cn2cc(C3CC3)ccc2n1)C(=O)NCc1ncn2ccc(Cl)cc12. The predicted octanol–water partition coefficient (Wildman–Crippen LogP) is 4.02. The Morgan fingerprint density at radius 2 is 2.02 bits per heavy atom.